The molecule has 0 unspecified atom stereocenters. The van der Waals surface area contributed by atoms with Crippen LogP contribution in [0.5, 0.6) is 0 Å². The zero-order valence-corrected chi connectivity index (χ0v) is 20.7. The Morgan fingerprint density at radius 2 is 1.36 bits per heavy atom. The first-order chi connectivity index (χ1) is 17.5. The van der Waals surface area contributed by atoms with Crippen molar-refractivity contribution in [2.45, 2.75) is 30.2 Å². The Bertz CT molecular complexity index is 1400. The molecule has 1 N–H and O–H groups in total. The zero-order chi connectivity index (χ0) is 25.0. The molecule has 0 saturated carbocycles. The van der Waals surface area contributed by atoms with Gasteiger partial charge in [0.15, 0.2) is 0 Å². The average molecular weight is 497 g/mol. The van der Waals surface area contributed by atoms with Gasteiger partial charge in [-0.05, 0) is 52.9 Å². The highest BCUT2D eigenvalue weighted by atomic mass is 32.2. The maximum Gasteiger partial charge on any atom is 0.243 e. The molecular weight excluding hydrogens is 468 g/mol. The summed E-state index contributed by atoms with van der Waals surface area (Å²) in [4.78, 5) is 13.4. The summed E-state index contributed by atoms with van der Waals surface area (Å²) in [7, 11) is -3.57. The van der Waals surface area contributed by atoms with Crippen LogP contribution in [0.3, 0.4) is 0 Å². The highest BCUT2D eigenvalue weighted by Gasteiger charge is 2.28. The molecule has 0 aromatic heterocycles. The van der Waals surface area contributed by atoms with Crippen molar-refractivity contribution in [1.29, 1.82) is 0 Å². The number of carbonyl (C=O) groups is 1. The molecule has 182 valence electrons. The number of sulfonamides is 1. The maximum absolute atomic E-state index is 13.1. The summed E-state index contributed by atoms with van der Waals surface area (Å²) in [5, 5.41) is 3.04. The standard InChI is InChI=1S/C30H28N2O3S/c33-30(21-29(24-10-4-1-5-11-24)25-12-6-2-7-13-25)31-27-17-16-23-18-19-32(22-26(23)20-27)36(34,35)28-14-8-3-9-15-28/h1-17,20,29H,18-19,21-22H2,(H,31,33). The number of benzene rings is 4. The van der Waals surface area contributed by atoms with Crippen molar-refractivity contribution in [3.8, 4) is 0 Å². The van der Waals surface area contributed by atoms with Gasteiger partial charge in [-0.3, -0.25) is 4.79 Å². The van der Waals surface area contributed by atoms with Crippen molar-refractivity contribution in [3.05, 3.63) is 131 Å². The summed E-state index contributed by atoms with van der Waals surface area (Å²) in [5.41, 5.74) is 4.88. The van der Waals surface area contributed by atoms with Gasteiger partial charge in [0.25, 0.3) is 0 Å². The molecule has 0 spiro atoms. The van der Waals surface area contributed by atoms with Crippen LogP contribution in [-0.4, -0.2) is 25.2 Å². The second-order valence-corrected chi connectivity index (χ2v) is 10.9. The van der Waals surface area contributed by atoms with Crippen LogP contribution in [0.15, 0.2) is 114 Å². The second-order valence-electron chi connectivity index (χ2n) is 9.01. The Morgan fingerprint density at radius 3 is 1.97 bits per heavy atom. The highest BCUT2D eigenvalue weighted by Crippen LogP contribution is 2.30. The lowest BCUT2D eigenvalue weighted by Crippen LogP contribution is -2.36. The quantitative estimate of drug-likeness (QED) is 0.362. The molecule has 0 aliphatic carbocycles. The van der Waals surface area contributed by atoms with Gasteiger partial charge in [-0.15, -0.1) is 0 Å². The van der Waals surface area contributed by atoms with Gasteiger partial charge in [0.1, 0.15) is 0 Å². The minimum atomic E-state index is -3.57. The van der Waals surface area contributed by atoms with E-state index in [4.69, 9.17) is 0 Å². The predicted molar refractivity (Wildman–Crippen MR) is 142 cm³/mol. The third-order valence-electron chi connectivity index (χ3n) is 6.64. The Morgan fingerprint density at radius 1 is 0.778 bits per heavy atom. The third-order valence-corrected chi connectivity index (χ3v) is 8.50. The third kappa shape index (κ3) is 5.25. The molecule has 4 aromatic carbocycles. The van der Waals surface area contributed by atoms with Crippen LogP contribution >= 0.6 is 0 Å². The lowest BCUT2D eigenvalue weighted by atomic mass is 9.88. The van der Waals surface area contributed by atoms with E-state index in [0.717, 1.165) is 22.3 Å². The predicted octanol–water partition coefficient (Wildman–Crippen LogP) is 5.59. The van der Waals surface area contributed by atoms with E-state index in [0.29, 0.717) is 30.0 Å². The Labute approximate surface area is 212 Å². The minimum absolute atomic E-state index is 0.0588. The molecule has 4 aromatic rings. The fourth-order valence-corrected chi connectivity index (χ4v) is 6.19. The number of carbonyl (C=O) groups excluding carboxylic acids is 1. The van der Waals surface area contributed by atoms with Crippen LogP contribution in [-0.2, 0) is 27.8 Å². The van der Waals surface area contributed by atoms with Crippen molar-refractivity contribution < 1.29 is 13.2 Å². The van der Waals surface area contributed by atoms with E-state index in [2.05, 4.69) is 5.32 Å². The van der Waals surface area contributed by atoms with Crippen molar-refractivity contribution in [2.24, 2.45) is 0 Å². The number of nitrogens with zero attached hydrogens (tertiary/aromatic N) is 1. The monoisotopic (exact) mass is 496 g/mol. The maximum atomic E-state index is 13.1. The Balaban J connectivity index is 1.32. The number of hydrogen-bond donors (Lipinski definition) is 1. The van der Waals surface area contributed by atoms with Crippen molar-refractivity contribution in [1.82, 2.24) is 4.31 Å². The molecule has 0 saturated heterocycles. The number of fused-ring (bicyclic) bond motifs is 1. The average Bonchev–Trinajstić information content (AvgIpc) is 2.93. The number of rotatable bonds is 7. The first-order valence-electron chi connectivity index (χ1n) is 12.1. The van der Waals surface area contributed by atoms with E-state index < -0.39 is 10.0 Å². The lowest BCUT2D eigenvalue weighted by Gasteiger charge is -2.28. The Hall–Kier alpha value is -3.74. The van der Waals surface area contributed by atoms with Crippen LogP contribution in [0, 0.1) is 0 Å². The minimum Gasteiger partial charge on any atom is -0.326 e. The normalized spacial score (nSPS) is 13.8. The molecule has 5 rings (SSSR count). The van der Waals surface area contributed by atoms with Gasteiger partial charge in [-0.1, -0.05) is 84.9 Å². The summed E-state index contributed by atoms with van der Waals surface area (Å²) in [6, 6.07) is 34.4. The molecule has 6 heteroatoms. The molecule has 1 aliphatic heterocycles. The molecule has 1 heterocycles. The zero-order valence-electron chi connectivity index (χ0n) is 19.9. The highest BCUT2D eigenvalue weighted by molar-refractivity contribution is 7.89. The van der Waals surface area contributed by atoms with Gasteiger partial charge in [0, 0.05) is 31.1 Å². The topological polar surface area (TPSA) is 66.5 Å². The summed E-state index contributed by atoms with van der Waals surface area (Å²) in [6.07, 6.45) is 0.944. The largest absolute Gasteiger partial charge is 0.326 e. The molecule has 0 fully saturated rings. The smallest absolute Gasteiger partial charge is 0.243 e. The van der Waals surface area contributed by atoms with Gasteiger partial charge in [0.05, 0.1) is 4.90 Å². The number of hydrogen-bond acceptors (Lipinski definition) is 3. The van der Waals surface area contributed by atoms with Crippen molar-refractivity contribution >= 4 is 21.6 Å². The van der Waals surface area contributed by atoms with E-state index in [-0.39, 0.29) is 18.4 Å². The number of nitrogens with one attached hydrogen (secondary N) is 1. The fourth-order valence-electron chi connectivity index (χ4n) is 4.75. The molecule has 1 amide bonds. The van der Waals surface area contributed by atoms with Gasteiger partial charge in [0.2, 0.25) is 15.9 Å². The van der Waals surface area contributed by atoms with E-state index in [1.807, 2.05) is 78.9 Å². The summed E-state index contributed by atoms with van der Waals surface area (Å²) < 4.78 is 27.7. The van der Waals surface area contributed by atoms with Crippen molar-refractivity contribution in [2.75, 3.05) is 11.9 Å². The van der Waals surface area contributed by atoms with E-state index in [9.17, 15) is 13.2 Å². The van der Waals surface area contributed by atoms with E-state index in [1.54, 1.807) is 30.3 Å². The molecule has 0 radical (unpaired) electrons. The molecule has 5 nitrogen and oxygen atoms in total. The van der Waals surface area contributed by atoms with Crippen LogP contribution in [0.2, 0.25) is 0 Å². The molecule has 0 bridgehead atoms. The summed E-state index contributed by atoms with van der Waals surface area (Å²) in [6.45, 7) is 0.721. The molecule has 36 heavy (non-hydrogen) atoms. The molecular formula is C30H28N2O3S. The number of amides is 1. The van der Waals surface area contributed by atoms with E-state index in [1.165, 1.54) is 4.31 Å². The summed E-state index contributed by atoms with van der Waals surface area (Å²) in [5.74, 6) is -0.145. The van der Waals surface area contributed by atoms with Gasteiger partial charge < -0.3 is 5.32 Å². The second kappa shape index (κ2) is 10.5. The van der Waals surface area contributed by atoms with Crippen LogP contribution in [0.4, 0.5) is 5.69 Å². The van der Waals surface area contributed by atoms with Crippen molar-refractivity contribution in [3.63, 3.8) is 0 Å². The Kier molecular flexibility index (Phi) is 6.98. The first kappa shape index (κ1) is 24.0. The van der Waals surface area contributed by atoms with Crippen LogP contribution in [0.25, 0.3) is 0 Å². The lowest BCUT2D eigenvalue weighted by molar-refractivity contribution is -0.116. The van der Waals surface area contributed by atoms with Crippen LogP contribution in [0.1, 0.15) is 34.6 Å². The van der Waals surface area contributed by atoms with Gasteiger partial charge >= 0.3 is 0 Å². The van der Waals surface area contributed by atoms with E-state index >= 15 is 0 Å². The SMILES string of the molecule is O=C(CC(c1ccccc1)c1ccccc1)Nc1ccc2c(c1)CN(S(=O)(=O)c1ccccc1)CC2. The number of anilines is 1. The summed E-state index contributed by atoms with van der Waals surface area (Å²) >= 11 is 0. The fraction of sp³-hybridized carbons (Fsp3) is 0.167. The first-order valence-corrected chi connectivity index (χ1v) is 13.5. The molecule has 0 atom stereocenters. The van der Waals surface area contributed by atoms with Gasteiger partial charge in [-0.25, -0.2) is 8.42 Å². The van der Waals surface area contributed by atoms with Gasteiger partial charge in [-0.2, -0.15) is 4.31 Å². The van der Waals surface area contributed by atoms with Crippen LogP contribution < -0.4 is 5.32 Å². The molecule has 1 aliphatic rings.